The van der Waals surface area contributed by atoms with Crippen LogP contribution in [0.3, 0.4) is 0 Å². The number of benzene rings is 3. The predicted molar refractivity (Wildman–Crippen MR) is 160 cm³/mol. The second-order valence-electron chi connectivity index (χ2n) is 10.4. The molecule has 0 unspecified atom stereocenters. The number of carbonyl (C=O) groups excluding carboxylic acids is 2. The summed E-state index contributed by atoms with van der Waals surface area (Å²) in [4.78, 5) is 29.4. The molecule has 1 fully saturated rings. The van der Waals surface area contributed by atoms with Crippen LogP contribution in [-0.4, -0.2) is 50.0 Å². The van der Waals surface area contributed by atoms with Crippen LogP contribution in [0.2, 0.25) is 5.02 Å². The Morgan fingerprint density at radius 3 is 2.15 bits per heavy atom. The van der Waals surface area contributed by atoms with Gasteiger partial charge in [0.2, 0.25) is 21.8 Å². The van der Waals surface area contributed by atoms with Gasteiger partial charge in [0.05, 0.1) is 17.0 Å². The van der Waals surface area contributed by atoms with E-state index >= 15 is 0 Å². The highest BCUT2D eigenvalue weighted by atomic mass is 35.5. The van der Waals surface area contributed by atoms with Gasteiger partial charge in [-0.3, -0.25) is 13.9 Å². The first-order valence-corrected chi connectivity index (χ1v) is 15.9. The van der Waals surface area contributed by atoms with Crippen molar-refractivity contribution in [2.75, 3.05) is 17.1 Å². The Labute approximate surface area is 246 Å². The van der Waals surface area contributed by atoms with Crippen LogP contribution in [0.25, 0.3) is 0 Å². The maximum Gasteiger partial charge on any atom is 0.244 e. The molecule has 1 atom stereocenters. The molecule has 2 amide bonds. The molecule has 0 saturated heterocycles. The average Bonchev–Trinajstić information content (AvgIpc) is 2.96. The van der Waals surface area contributed by atoms with Gasteiger partial charge in [0.15, 0.2) is 0 Å². The van der Waals surface area contributed by atoms with Crippen LogP contribution in [0.1, 0.15) is 43.2 Å². The highest BCUT2D eigenvalue weighted by Crippen LogP contribution is 2.26. The first-order chi connectivity index (χ1) is 19.6. The molecule has 3 aromatic rings. The van der Waals surface area contributed by atoms with E-state index in [1.54, 1.807) is 0 Å². The first-order valence-electron chi connectivity index (χ1n) is 13.7. The van der Waals surface area contributed by atoms with Crippen LogP contribution in [0.4, 0.5) is 10.1 Å². The standard InChI is InChI=1S/C31H35ClFN3O4S/c1-41(39,40)36(26-17-18-28(33)27(32)20-26)22-30(37)35(21-24-13-7-3-8-14-24)29(19-23-11-5-2-6-12-23)31(38)34-25-15-9-4-10-16-25/h2-3,5-8,11-14,17-18,20,25,29H,4,9-10,15-16,19,21-22H2,1H3,(H,34,38)/t29-/m0/s1. The molecule has 1 aliphatic carbocycles. The summed E-state index contributed by atoms with van der Waals surface area (Å²) < 4.78 is 40.4. The molecule has 10 heteroatoms. The predicted octanol–water partition coefficient (Wildman–Crippen LogP) is 5.33. The molecule has 0 heterocycles. The molecule has 0 spiro atoms. The summed E-state index contributed by atoms with van der Waals surface area (Å²) in [7, 11) is -3.97. The third-order valence-electron chi connectivity index (χ3n) is 7.29. The summed E-state index contributed by atoms with van der Waals surface area (Å²) in [5.41, 5.74) is 1.71. The summed E-state index contributed by atoms with van der Waals surface area (Å²) in [6.07, 6.45) is 6.17. The van der Waals surface area contributed by atoms with E-state index in [1.165, 1.54) is 17.0 Å². The lowest BCUT2D eigenvalue weighted by Crippen LogP contribution is -2.55. The number of anilines is 1. The van der Waals surface area contributed by atoms with Crippen molar-refractivity contribution in [1.82, 2.24) is 10.2 Å². The minimum absolute atomic E-state index is 0.0251. The first kappa shape index (κ1) is 30.5. The summed E-state index contributed by atoms with van der Waals surface area (Å²) in [6.45, 7) is -0.493. The fourth-order valence-corrected chi connectivity index (χ4v) is 6.15. The number of hydrogen-bond acceptors (Lipinski definition) is 4. The minimum atomic E-state index is -3.97. The Balaban J connectivity index is 1.71. The molecule has 4 rings (SSSR count). The van der Waals surface area contributed by atoms with Gasteiger partial charge >= 0.3 is 0 Å². The van der Waals surface area contributed by atoms with E-state index in [9.17, 15) is 22.4 Å². The fraction of sp³-hybridized carbons (Fsp3) is 0.355. The van der Waals surface area contributed by atoms with Crippen molar-refractivity contribution in [3.05, 3.63) is 101 Å². The maximum atomic E-state index is 14.1. The molecule has 0 aromatic heterocycles. The normalized spacial score (nSPS) is 14.7. The van der Waals surface area contributed by atoms with Crippen molar-refractivity contribution in [2.45, 2.75) is 57.2 Å². The molecule has 1 N–H and O–H groups in total. The van der Waals surface area contributed by atoms with Gasteiger partial charge < -0.3 is 10.2 Å². The van der Waals surface area contributed by atoms with Gasteiger partial charge in [-0.05, 0) is 42.2 Å². The Morgan fingerprint density at radius 1 is 0.951 bits per heavy atom. The molecular weight excluding hydrogens is 565 g/mol. The molecule has 0 bridgehead atoms. The second kappa shape index (κ2) is 14.0. The third-order valence-corrected chi connectivity index (χ3v) is 8.72. The molecule has 0 aliphatic heterocycles. The van der Waals surface area contributed by atoms with E-state index in [2.05, 4.69) is 5.32 Å². The summed E-state index contributed by atoms with van der Waals surface area (Å²) >= 11 is 5.94. The van der Waals surface area contributed by atoms with Crippen molar-refractivity contribution in [2.24, 2.45) is 0 Å². The van der Waals surface area contributed by atoms with Gasteiger partial charge in [0.1, 0.15) is 18.4 Å². The number of rotatable bonds is 11. The molecule has 41 heavy (non-hydrogen) atoms. The van der Waals surface area contributed by atoms with Crippen molar-refractivity contribution < 1.29 is 22.4 Å². The van der Waals surface area contributed by atoms with E-state index in [0.29, 0.717) is 0 Å². The van der Waals surface area contributed by atoms with E-state index in [0.717, 1.165) is 59.9 Å². The Hall–Kier alpha value is -3.43. The van der Waals surface area contributed by atoms with Gasteiger partial charge in [-0.25, -0.2) is 12.8 Å². The minimum Gasteiger partial charge on any atom is -0.352 e. The lowest BCUT2D eigenvalue weighted by Gasteiger charge is -2.35. The summed E-state index contributed by atoms with van der Waals surface area (Å²) in [6, 6.07) is 21.3. The van der Waals surface area contributed by atoms with Crippen molar-refractivity contribution in [3.8, 4) is 0 Å². The zero-order valence-electron chi connectivity index (χ0n) is 23.0. The number of nitrogens with one attached hydrogen (secondary N) is 1. The molecule has 218 valence electrons. The number of sulfonamides is 1. The number of hydrogen-bond donors (Lipinski definition) is 1. The lowest BCUT2D eigenvalue weighted by atomic mass is 9.94. The molecular formula is C31H35ClFN3O4S. The van der Waals surface area contributed by atoms with Gasteiger partial charge in [0, 0.05) is 19.0 Å². The smallest absolute Gasteiger partial charge is 0.244 e. The van der Waals surface area contributed by atoms with Gasteiger partial charge in [0.25, 0.3) is 0 Å². The van der Waals surface area contributed by atoms with Crippen LogP contribution in [0.15, 0.2) is 78.9 Å². The summed E-state index contributed by atoms with van der Waals surface area (Å²) in [5, 5.41) is 2.90. The van der Waals surface area contributed by atoms with Crippen LogP contribution in [0.5, 0.6) is 0 Å². The second-order valence-corrected chi connectivity index (χ2v) is 12.7. The SMILES string of the molecule is CS(=O)(=O)N(CC(=O)N(Cc1ccccc1)[C@@H](Cc1ccccc1)C(=O)NC1CCCCC1)c1ccc(F)c(Cl)c1. The van der Waals surface area contributed by atoms with E-state index in [1.807, 2.05) is 60.7 Å². The lowest BCUT2D eigenvalue weighted by molar-refractivity contribution is -0.140. The quantitative estimate of drug-likeness (QED) is 0.323. The summed E-state index contributed by atoms with van der Waals surface area (Å²) in [5.74, 6) is -1.55. The van der Waals surface area contributed by atoms with Gasteiger partial charge in [-0.2, -0.15) is 0 Å². The molecule has 3 aromatic carbocycles. The Kier molecular flexibility index (Phi) is 10.4. The molecule has 7 nitrogen and oxygen atoms in total. The fourth-order valence-electron chi connectivity index (χ4n) is 5.13. The zero-order valence-corrected chi connectivity index (χ0v) is 24.6. The average molecular weight is 600 g/mol. The van der Waals surface area contributed by atoms with E-state index in [4.69, 9.17) is 11.6 Å². The van der Waals surface area contributed by atoms with Crippen molar-refractivity contribution in [3.63, 3.8) is 0 Å². The number of amides is 2. The highest BCUT2D eigenvalue weighted by Gasteiger charge is 2.34. The van der Waals surface area contributed by atoms with Crippen LogP contribution in [-0.2, 0) is 32.6 Å². The van der Waals surface area contributed by atoms with Crippen LogP contribution >= 0.6 is 11.6 Å². The maximum absolute atomic E-state index is 14.1. The van der Waals surface area contributed by atoms with E-state index < -0.39 is 34.3 Å². The monoisotopic (exact) mass is 599 g/mol. The van der Waals surface area contributed by atoms with E-state index in [-0.39, 0.29) is 35.6 Å². The zero-order chi connectivity index (χ0) is 29.4. The topological polar surface area (TPSA) is 86.8 Å². The largest absolute Gasteiger partial charge is 0.352 e. The third kappa shape index (κ3) is 8.53. The molecule has 1 aliphatic rings. The molecule has 0 radical (unpaired) electrons. The van der Waals surface area contributed by atoms with Crippen molar-refractivity contribution in [1.29, 1.82) is 0 Å². The number of carbonyl (C=O) groups is 2. The Bertz CT molecular complexity index is 1430. The Morgan fingerprint density at radius 2 is 1.56 bits per heavy atom. The number of nitrogens with zero attached hydrogens (tertiary/aromatic N) is 2. The number of halogens is 2. The van der Waals surface area contributed by atoms with Crippen molar-refractivity contribution >= 4 is 39.1 Å². The van der Waals surface area contributed by atoms with Gasteiger partial charge in [-0.15, -0.1) is 0 Å². The van der Waals surface area contributed by atoms with Gasteiger partial charge in [-0.1, -0.05) is 91.5 Å². The molecule has 1 saturated carbocycles. The van der Waals surface area contributed by atoms with Crippen LogP contribution in [0, 0.1) is 5.82 Å². The highest BCUT2D eigenvalue weighted by molar-refractivity contribution is 7.92. The van der Waals surface area contributed by atoms with Crippen LogP contribution < -0.4 is 9.62 Å².